The Kier molecular flexibility index (Phi) is 5.64. The second-order valence-corrected chi connectivity index (χ2v) is 6.64. The van der Waals surface area contributed by atoms with Gasteiger partial charge in [0, 0.05) is 9.58 Å². The maximum atomic E-state index is 13.2. The largest absolute Gasteiger partial charge is 0.521 e. The number of halogens is 5. The van der Waals surface area contributed by atoms with E-state index in [0.29, 0.717) is 5.75 Å². The fourth-order valence-electron chi connectivity index (χ4n) is 2.37. The number of hydrogen-bond donors (Lipinski definition) is 0. The zero-order valence-corrected chi connectivity index (χ0v) is 14.4. The second-order valence-electron chi connectivity index (χ2n) is 5.55. The standard InChI is InChI=1S/C18H13F5O3S/c19-17(20,25-18(21,22)26-23)8-9-24-14-7-6-13-10-15(27-16(13)11-14)12-4-2-1-3-5-12/h1-7,10-11H,8-9H2. The molecule has 27 heavy (non-hydrogen) atoms. The summed E-state index contributed by atoms with van der Waals surface area (Å²) in [6.45, 7) is -0.613. The van der Waals surface area contributed by atoms with Gasteiger partial charge in [0.2, 0.25) is 0 Å². The van der Waals surface area contributed by atoms with Gasteiger partial charge in [-0.3, -0.25) is 0 Å². The number of thiophene rings is 1. The van der Waals surface area contributed by atoms with Crippen LogP contribution in [0, 0.1) is 0 Å². The van der Waals surface area contributed by atoms with Crippen LogP contribution in [0.1, 0.15) is 6.42 Å². The van der Waals surface area contributed by atoms with Crippen molar-refractivity contribution in [1.82, 2.24) is 0 Å². The summed E-state index contributed by atoms with van der Waals surface area (Å²) in [5, 5.41) is 0.958. The van der Waals surface area contributed by atoms with Crippen molar-refractivity contribution in [1.29, 1.82) is 0 Å². The Balaban J connectivity index is 1.64. The number of rotatable bonds is 8. The van der Waals surface area contributed by atoms with Crippen LogP contribution in [0.5, 0.6) is 5.75 Å². The smallest absolute Gasteiger partial charge is 0.493 e. The Morgan fingerprint density at radius 3 is 2.37 bits per heavy atom. The van der Waals surface area contributed by atoms with Gasteiger partial charge in [-0.2, -0.15) is 8.78 Å². The van der Waals surface area contributed by atoms with Crippen LogP contribution in [0.15, 0.2) is 54.6 Å². The average Bonchev–Trinajstić information content (AvgIpc) is 3.05. The maximum absolute atomic E-state index is 13.2. The van der Waals surface area contributed by atoms with Crippen molar-refractivity contribution in [3.05, 3.63) is 54.6 Å². The van der Waals surface area contributed by atoms with Gasteiger partial charge >= 0.3 is 12.4 Å². The number of ether oxygens (including phenoxy) is 2. The molecule has 9 heteroatoms. The minimum atomic E-state index is -5.02. The fraction of sp³-hybridized carbons (Fsp3) is 0.222. The average molecular weight is 404 g/mol. The first-order valence-corrected chi connectivity index (χ1v) is 8.57. The molecule has 0 aliphatic heterocycles. The Bertz CT molecular complexity index is 898. The van der Waals surface area contributed by atoms with Crippen LogP contribution < -0.4 is 4.74 Å². The monoisotopic (exact) mass is 404 g/mol. The third kappa shape index (κ3) is 5.15. The predicted molar refractivity (Wildman–Crippen MR) is 90.5 cm³/mol. The predicted octanol–water partition coefficient (Wildman–Crippen LogP) is 6.40. The van der Waals surface area contributed by atoms with E-state index in [1.165, 1.54) is 11.3 Å². The molecule has 144 valence electrons. The van der Waals surface area contributed by atoms with Crippen molar-refractivity contribution in [2.24, 2.45) is 0 Å². The van der Waals surface area contributed by atoms with E-state index >= 15 is 0 Å². The molecule has 0 saturated heterocycles. The summed E-state index contributed by atoms with van der Waals surface area (Å²) in [5.41, 5.74) is 1.05. The van der Waals surface area contributed by atoms with Crippen molar-refractivity contribution in [3.63, 3.8) is 0 Å². The lowest BCUT2D eigenvalue weighted by molar-refractivity contribution is -0.516. The van der Waals surface area contributed by atoms with Crippen LogP contribution in [-0.2, 0) is 9.68 Å². The first-order valence-electron chi connectivity index (χ1n) is 7.75. The van der Waals surface area contributed by atoms with E-state index in [0.717, 1.165) is 20.5 Å². The molecule has 0 spiro atoms. The van der Waals surface area contributed by atoms with Gasteiger partial charge in [0.1, 0.15) is 5.75 Å². The normalized spacial score (nSPS) is 12.5. The highest BCUT2D eigenvalue weighted by Gasteiger charge is 2.46. The van der Waals surface area contributed by atoms with Crippen LogP contribution in [0.25, 0.3) is 20.5 Å². The molecule has 0 atom stereocenters. The molecule has 0 unspecified atom stereocenters. The van der Waals surface area contributed by atoms with Gasteiger partial charge in [0.05, 0.1) is 13.0 Å². The van der Waals surface area contributed by atoms with Crippen LogP contribution in [-0.4, -0.2) is 19.0 Å². The number of fused-ring (bicyclic) bond motifs is 1. The highest BCUT2D eigenvalue weighted by Crippen LogP contribution is 2.36. The zero-order chi connectivity index (χ0) is 19.5. The molecule has 0 aliphatic carbocycles. The molecule has 0 amide bonds. The molecular formula is C18H13F5O3S. The molecule has 0 bridgehead atoms. The Labute approximate surface area is 154 Å². The van der Waals surface area contributed by atoms with Gasteiger partial charge in [0.15, 0.2) is 0 Å². The molecule has 1 heterocycles. The van der Waals surface area contributed by atoms with Crippen LogP contribution >= 0.6 is 11.3 Å². The molecule has 0 N–H and O–H groups in total. The summed E-state index contributed by atoms with van der Waals surface area (Å²) >= 11 is 1.50. The summed E-state index contributed by atoms with van der Waals surface area (Å²) in [6.07, 6.45) is -10.5. The van der Waals surface area contributed by atoms with Gasteiger partial charge < -0.3 is 4.74 Å². The van der Waals surface area contributed by atoms with E-state index in [1.807, 2.05) is 36.4 Å². The first-order chi connectivity index (χ1) is 12.8. The molecule has 3 rings (SSSR count). The molecule has 0 radical (unpaired) electrons. The molecule has 0 saturated carbocycles. The molecule has 0 aliphatic rings. The summed E-state index contributed by atoms with van der Waals surface area (Å²) in [4.78, 5) is 3.09. The highest BCUT2D eigenvalue weighted by atomic mass is 32.1. The summed E-state index contributed by atoms with van der Waals surface area (Å²) in [7, 11) is 0. The second kappa shape index (κ2) is 7.79. The van der Waals surface area contributed by atoms with Crippen molar-refractivity contribution >= 4 is 21.4 Å². The van der Waals surface area contributed by atoms with Gasteiger partial charge in [-0.1, -0.05) is 35.3 Å². The zero-order valence-electron chi connectivity index (χ0n) is 13.6. The van der Waals surface area contributed by atoms with Crippen molar-refractivity contribution < 1.29 is 36.5 Å². The summed E-state index contributed by atoms with van der Waals surface area (Å²) in [6, 6.07) is 16.7. The maximum Gasteiger partial charge on any atom is 0.521 e. The lowest BCUT2D eigenvalue weighted by atomic mass is 10.1. The van der Waals surface area contributed by atoms with Crippen LogP contribution in [0.3, 0.4) is 0 Å². The lowest BCUT2D eigenvalue weighted by Crippen LogP contribution is -2.34. The number of benzene rings is 2. The molecule has 0 fully saturated rings. The fourth-order valence-corrected chi connectivity index (χ4v) is 3.47. The van der Waals surface area contributed by atoms with Crippen molar-refractivity contribution in [2.75, 3.05) is 6.61 Å². The SMILES string of the molecule is FOC(F)(F)OC(F)(F)CCOc1ccc2cc(-c3ccccc3)sc2c1. The van der Waals surface area contributed by atoms with Gasteiger partial charge in [-0.05, 0) is 39.7 Å². The van der Waals surface area contributed by atoms with E-state index in [2.05, 4.69) is 9.68 Å². The van der Waals surface area contributed by atoms with Crippen LogP contribution in [0.2, 0.25) is 0 Å². The summed E-state index contributed by atoms with van der Waals surface area (Å²) in [5.74, 6) is 0.299. The first kappa shape index (κ1) is 19.5. The summed E-state index contributed by atoms with van der Waals surface area (Å²) < 4.78 is 71.7. The van der Waals surface area contributed by atoms with Gasteiger partial charge in [-0.25, -0.2) is 4.74 Å². The molecule has 2 aromatic carbocycles. The van der Waals surface area contributed by atoms with E-state index in [-0.39, 0.29) is 0 Å². The van der Waals surface area contributed by atoms with Crippen LogP contribution in [0.4, 0.5) is 22.1 Å². The lowest BCUT2D eigenvalue weighted by Gasteiger charge is -2.20. The van der Waals surface area contributed by atoms with E-state index in [4.69, 9.17) is 4.74 Å². The molecule has 1 aromatic heterocycles. The van der Waals surface area contributed by atoms with Gasteiger partial charge in [0.25, 0.3) is 0 Å². The highest BCUT2D eigenvalue weighted by molar-refractivity contribution is 7.22. The number of hydrogen-bond acceptors (Lipinski definition) is 4. The van der Waals surface area contributed by atoms with Crippen molar-refractivity contribution in [3.8, 4) is 16.2 Å². The quantitative estimate of drug-likeness (QED) is 0.321. The topological polar surface area (TPSA) is 27.7 Å². The Hall–Kier alpha value is -2.23. The third-order valence-electron chi connectivity index (χ3n) is 3.57. The molecular weight excluding hydrogens is 391 g/mol. The van der Waals surface area contributed by atoms with E-state index < -0.39 is 25.4 Å². The molecule has 3 aromatic rings. The minimum absolute atomic E-state index is 0.299. The van der Waals surface area contributed by atoms with Gasteiger partial charge in [-0.15, -0.1) is 20.1 Å². The van der Waals surface area contributed by atoms with Crippen molar-refractivity contribution in [2.45, 2.75) is 18.8 Å². The van der Waals surface area contributed by atoms with E-state index in [9.17, 15) is 22.1 Å². The third-order valence-corrected chi connectivity index (χ3v) is 4.72. The minimum Gasteiger partial charge on any atom is -0.493 e. The Morgan fingerprint density at radius 2 is 1.67 bits per heavy atom. The van der Waals surface area contributed by atoms with E-state index in [1.54, 1.807) is 18.2 Å². The Morgan fingerprint density at radius 1 is 0.926 bits per heavy atom. The number of alkyl halides is 4. The molecule has 3 nitrogen and oxygen atoms in total.